The van der Waals surface area contributed by atoms with Crippen LogP contribution in [0.15, 0.2) is 36.4 Å². The molecule has 4 nitrogen and oxygen atoms in total. The van der Waals surface area contributed by atoms with Crippen LogP contribution in [0.4, 0.5) is 5.69 Å². The van der Waals surface area contributed by atoms with E-state index in [1.54, 1.807) is 6.07 Å². The van der Waals surface area contributed by atoms with Gasteiger partial charge in [0.1, 0.15) is 5.69 Å². The lowest BCUT2D eigenvalue weighted by Crippen LogP contribution is -2.29. The van der Waals surface area contributed by atoms with Crippen LogP contribution in [-0.4, -0.2) is 22.6 Å². The summed E-state index contributed by atoms with van der Waals surface area (Å²) in [6, 6.07) is 11.7. The molecule has 21 heavy (non-hydrogen) atoms. The normalized spacial score (nSPS) is 13.9. The van der Waals surface area contributed by atoms with Gasteiger partial charge in [0.2, 0.25) is 0 Å². The zero-order chi connectivity index (χ0) is 14.8. The van der Waals surface area contributed by atoms with Crippen LogP contribution >= 0.6 is 0 Å². The number of carboxylic acid groups (broad SMARTS) is 1. The molecule has 1 aliphatic rings. The van der Waals surface area contributed by atoms with Crippen LogP contribution in [0.5, 0.6) is 0 Å². The number of aryl methyl sites for hydroxylation is 2. The average Bonchev–Trinajstić information content (AvgIpc) is 2.47. The molecular weight excluding hydrogens is 264 g/mol. The Morgan fingerprint density at radius 1 is 1.33 bits per heavy atom. The lowest BCUT2D eigenvalue weighted by atomic mass is 9.99. The molecule has 0 saturated carbocycles. The molecule has 0 aliphatic carbocycles. The Morgan fingerprint density at radius 2 is 2.19 bits per heavy atom. The molecule has 0 radical (unpaired) electrons. The molecule has 0 spiro atoms. The first kappa shape index (κ1) is 13.6. The maximum Gasteiger partial charge on any atom is 0.354 e. The first-order valence-electron chi connectivity index (χ1n) is 7.17. The molecule has 0 atom stereocenters. The lowest BCUT2D eigenvalue weighted by molar-refractivity contribution is 0.0690. The third-order valence-corrected chi connectivity index (χ3v) is 3.83. The molecule has 1 aromatic carbocycles. The average molecular weight is 282 g/mol. The fourth-order valence-electron chi connectivity index (χ4n) is 2.85. The summed E-state index contributed by atoms with van der Waals surface area (Å²) < 4.78 is 0. The summed E-state index contributed by atoms with van der Waals surface area (Å²) in [7, 11) is 0. The van der Waals surface area contributed by atoms with Crippen LogP contribution in [0.2, 0.25) is 0 Å². The Kier molecular flexibility index (Phi) is 3.60. The summed E-state index contributed by atoms with van der Waals surface area (Å²) in [6.07, 6.45) is 2.23. The maximum atomic E-state index is 11.0. The van der Waals surface area contributed by atoms with E-state index >= 15 is 0 Å². The first-order chi connectivity index (χ1) is 10.1. The second-order valence-electron chi connectivity index (χ2n) is 5.48. The van der Waals surface area contributed by atoms with E-state index in [9.17, 15) is 4.79 Å². The number of carboxylic acids is 1. The number of carbonyl (C=O) groups is 1. The van der Waals surface area contributed by atoms with Gasteiger partial charge in [-0.15, -0.1) is 0 Å². The third kappa shape index (κ3) is 2.89. The van der Waals surface area contributed by atoms with Gasteiger partial charge in [-0.05, 0) is 43.5 Å². The number of nitrogens with zero attached hydrogens (tertiary/aromatic N) is 2. The van der Waals surface area contributed by atoms with Gasteiger partial charge in [0.15, 0.2) is 0 Å². The largest absolute Gasteiger partial charge is 0.477 e. The molecule has 1 aliphatic heterocycles. The first-order valence-corrected chi connectivity index (χ1v) is 7.17. The Labute approximate surface area is 124 Å². The van der Waals surface area contributed by atoms with Crippen molar-refractivity contribution in [3.8, 4) is 0 Å². The molecule has 0 amide bonds. The van der Waals surface area contributed by atoms with Gasteiger partial charge in [-0.2, -0.15) is 0 Å². The molecule has 1 N–H and O–H groups in total. The predicted molar refractivity (Wildman–Crippen MR) is 81.7 cm³/mol. The standard InChI is InChI=1S/C17H18N2O2/c1-12-7-8-16-13(10-12)4-3-9-19(16)11-14-5-2-6-15(18-14)17(20)21/h2,5-8,10H,3-4,9,11H2,1H3,(H,20,21). The van der Waals surface area contributed by atoms with Crippen LogP contribution in [0.3, 0.4) is 0 Å². The minimum absolute atomic E-state index is 0.105. The van der Waals surface area contributed by atoms with Gasteiger partial charge < -0.3 is 10.0 Å². The molecule has 108 valence electrons. The molecule has 4 heteroatoms. The molecule has 0 bridgehead atoms. The zero-order valence-corrected chi connectivity index (χ0v) is 12.0. The van der Waals surface area contributed by atoms with Crippen molar-refractivity contribution in [3.05, 3.63) is 58.9 Å². The van der Waals surface area contributed by atoms with Crippen LogP contribution in [-0.2, 0) is 13.0 Å². The number of rotatable bonds is 3. The zero-order valence-electron chi connectivity index (χ0n) is 12.0. The van der Waals surface area contributed by atoms with Gasteiger partial charge in [0, 0.05) is 12.2 Å². The number of benzene rings is 1. The highest BCUT2D eigenvalue weighted by atomic mass is 16.4. The molecule has 0 saturated heterocycles. The summed E-state index contributed by atoms with van der Waals surface area (Å²) >= 11 is 0. The van der Waals surface area contributed by atoms with Crippen molar-refractivity contribution >= 4 is 11.7 Å². The highest BCUT2D eigenvalue weighted by molar-refractivity contribution is 5.85. The van der Waals surface area contributed by atoms with Gasteiger partial charge in [0.05, 0.1) is 12.2 Å². The van der Waals surface area contributed by atoms with Crippen molar-refractivity contribution in [2.24, 2.45) is 0 Å². The lowest BCUT2D eigenvalue weighted by Gasteiger charge is -2.31. The van der Waals surface area contributed by atoms with Crippen LogP contribution < -0.4 is 4.90 Å². The highest BCUT2D eigenvalue weighted by Gasteiger charge is 2.17. The summed E-state index contributed by atoms with van der Waals surface area (Å²) in [5.41, 5.74) is 4.79. The van der Waals surface area contributed by atoms with Gasteiger partial charge in [-0.1, -0.05) is 23.8 Å². The summed E-state index contributed by atoms with van der Waals surface area (Å²) in [5.74, 6) is -0.980. The summed E-state index contributed by atoms with van der Waals surface area (Å²) in [5, 5.41) is 9.03. The quantitative estimate of drug-likeness (QED) is 0.940. The van der Waals surface area contributed by atoms with E-state index in [2.05, 4.69) is 35.0 Å². The second-order valence-corrected chi connectivity index (χ2v) is 5.48. The minimum Gasteiger partial charge on any atom is -0.477 e. The van der Waals surface area contributed by atoms with E-state index in [1.807, 2.05) is 6.07 Å². The van der Waals surface area contributed by atoms with Crippen molar-refractivity contribution in [1.82, 2.24) is 4.98 Å². The molecule has 1 aromatic heterocycles. The van der Waals surface area contributed by atoms with Crippen molar-refractivity contribution in [1.29, 1.82) is 0 Å². The second kappa shape index (κ2) is 5.56. The SMILES string of the molecule is Cc1ccc2c(c1)CCCN2Cc1cccc(C(=O)O)n1. The van der Waals surface area contributed by atoms with Crippen LogP contribution in [0, 0.1) is 6.92 Å². The molecule has 2 heterocycles. The number of fused-ring (bicyclic) bond motifs is 1. The van der Waals surface area contributed by atoms with Crippen LogP contribution in [0.1, 0.15) is 33.7 Å². The van der Waals surface area contributed by atoms with Gasteiger partial charge in [-0.3, -0.25) is 0 Å². The van der Waals surface area contributed by atoms with E-state index in [0.29, 0.717) is 6.54 Å². The summed E-state index contributed by atoms with van der Waals surface area (Å²) in [6.45, 7) is 3.74. The predicted octanol–water partition coefficient (Wildman–Crippen LogP) is 3.04. The number of hydrogen-bond donors (Lipinski definition) is 1. The highest BCUT2D eigenvalue weighted by Crippen LogP contribution is 2.28. The molecular formula is C17H18N2O2. The Bertz CT molecular complexity index is 682. The number of aromatic nitrogens is 1. The molecule has 0 unspecified atom stereocenters. The van der Waals surface area contributed by atoms with E-state index in [1.165, 1.54) is 22.9 Å². The molecule has 2 aromatic rings. The maximum absolute atomic E-state index is 11.0. The number of hydrogen-bond acceptors (Lipinski definition) is 3. The van der Waals surface area contributed by atoms with Crippen molar-refractivity contribution in [2.45, 2.75) is 26.3 Å². The van der Waals surface area contributed by atoms with Crippen molar-refractivity contribution in [3.63, 3.8) is 0 Å². The number of anilines is 1. The van der Waals surface area contributed by atoms with E-state index < -0.39 is 5.97 Å². The van der Waals surface area contributed by atoms with E-state index in [0.717, 1.165) is 25.1 Å². The smallest absolute Gasteiger partial charge is 0.354 e. The van der Waals surface area contributed by atoms with Crippen molar-refractivity contribution in [2.75, 3.05) is 11.4 Å². The van der Waals surface area contributed by atoms with Gasteiger partial charge in [-0.25, -0.2) is 9.78 Å². The minimum atomic E-state index is -0.980. The number of aromatic carboxylic acids is 1. The van der Waals surface area contributed by atoms with E-state index in [-0.39, 0.29) is 5.69 Å². The molecule has 3 rings (SSSR count). The van der Waals surface area contributed by atoms with E-state index in [4.69, 9.17) is 5.11 Å². The van der Waals surface area contributed by atoms with Gasteiger partial charge in [0.25, 0.3) is 0 Å². The summed E-state index contributed by atoms with van der Waals surface area (Å²) in [4.78, 5) is 17.5. The Morgan fingerprint density at radius 3 is 3.00 bits per heavy atom. The van der Waals surface area contributed by atoms with Crippen molar-refractivity contribution < 1.29 is 9.90 Å². The third-order valence-electron chi connectivity index (χ3n) is 3.83. The fraction of sp³-hybridized carbons (Fsp3) is 0.294. The Balaban J connectivity index is 1.86. The van der Waals surface area contributed by atoms with Crippen LogP contribution in [0.25, 0.3) is 0 Å². The Hall–Kier alpha value is -2.36. The molecule has 0 fully saturated rings. The monoisotopic (exact) mass is 282 g/mol. The number of pyridine rings is 1. The topological polar surface area (TPSA) is 53.4 Å². The van der Waals surface area contributed by atoms with Gasteiger partial charge >= 0.3 is 5.97 Å². The fourth-order valence-corrected chi connectivity index (χ4v) is 2.85.